The second-order valence-electron chi connectivity index (χ2n) is 7.28. The van der Waals surface area contributed by atoms with Crippen LogP contribution in [0.4, 0.5) is 0 Å². The van der Waals surface area contributed by atoms with E-state index in [0.29, 0.717) is 38.5 Å². The number of carbonyl (C=O) groups excluding carboxylic acids is 2. The third kappa shape index (κ3) is 4.93. The van der Waals surface area contributed by atoms with Crippen molar-refractivity contribution in [2.24, 2.45) is 0 Å². The molecule has 2 amide bonds. The van der Waals surface area contributed by atoms with Crippen LogP contribution in [-0.2, 0) is 11.2 Å². The number of thiazole rings is 1. The second kappa shape index (κ2) is 9.30. The molecule has 1 aliphatic heterocycles. The molecule has 1 saturated heterocycles. The lowest BCUT2D eigenvalue weighted by Crippen LogP contribution is -2.51. The number of nitrogens with zero attached hydrogens (tertiary/aromatic N) is 4. The molecule has 1 aromatic carbocycles. The Balaban J connectivity index is 1.31. The topological polar surface area (TPSA) is 88.8 Å². The van der Waals surface area contributed by atoms with Crippen LogP contribution in [-0.4, -0.2) is 64.5 Å². The van der Waals surface area contributed by atoms with E-state index in [0.717, 1.165) is 22.0 Å². The van der Waals surface area contributed by atoms with Crippen molar-refractivity contribution in [3.63, 3.8) is 0 Å². The van der Waals surface area contributed by atoms with Crippen molar-refractivity contribution in [3.05, 3.63) is 52.9 Å². The Labute approximate surface area is 184 Å². The zero-order valence-corrected chi connectivity index (χ0v) is 18.4. The average Bonchev–Trinajstić information content (AvgIpc) is 3.43. The van der Waals surface area contributed by atoms with Gasteiger partial charge < -0.3 is 19.1 Å². The van der Waals surface area contributed by atoms with Crippen LogP contribution in [0, 0.1) is 6.92 Å². The van der Waals surface area contributed by atoms with Gasteiger partial charge in [-0.05, 0) is 38.1 Å². The van der Waals surface area contributed by atoms with E-state index in [9.17, 15) is 9.59 Å². The van der Waals surface area contributed by atoms with E-state index in [1.807, 2.05) is 36.6 Å². The molecule has 162 valence electrons. The first-order chi connectivity index (χ1) is 15.0. The highest BCUT2D eigenvalue weighted by Crippen LogP contribution is 2.26. The summed E-state index contributed by atoms with van der Waals surface area (Å²) in [6.45, 7) is 6.29. The van der Waals surface area contributed by atoms with Gasteiger partial charge in [0.05, 0.1) is 24.4 Å². The molecule has 0 N–H and O–H groups in total. The van der Waals surface area contributed by atoms with Gasteiger partial charge in [0, 0.05) is 43.2 Å². The zero-order valence-electron chi connectivity index (χ0n) is 17.5. The highest BCUT2D eigenvalue weighted by Gasteiger charge is 2.27. The lowest BCUT2D eigenvalue weighted by Gasteiger charge is -2.34. The molecule has 31 heavy (non-hydrogen) atoms. The Morgan fingerprint density at radius 2 is 1.84 bits per heavy atom. The van der Waals surface area contributed by atoms with Gasteiger partial charge >= 0.3 is 0 Å². The highest BCUT2D eigenvalue weighted by molar-refractivity contribution is 7.13. The van der Waals surface area contributed by atoms with Crippen LogP contribution >= 0.6 is 11.3 Å². The molecular formula is C22H24N4O4S. The predicted molar refractivity (Wildman–Crippen MR) is 116 cm³/mol. The summed E-state index contributed by atoms with van der Waals surface area (Å²) in [5.41, 5.74) is 2.43. The van der Waals surface area contributed by atoms with E-state index >= 15 is 0 Å². The van der Waals surface area contributed by atoms with Gasteiger partial charge in [0.2, 0.25) is 11.7 Å². The number of amides is 2. The maximum absolute atomic E-state index is 12.7. The number of aromatic nitrogens is 2. The van der Waals surface area contributed by atoms with Crippen LogP contribution in [0.5, 0.6) is 5.75 Å². The zero-order chi connectivity index (χ0) is 21.8. The second-order valence-corrected chi connectivity index (χ2v) is 8.14. The third-order valence-electron chi connectivity index (χ3n) is 5.05. The van der Waals surface area contributed by atoms with Gasteiger partial charge in [-0.15, -0.1) is 11.3 Å². The lowest BCUT2D eigenvalue weighted by molar-refractivity contribution is -0.132. The minimum Gasteiger partial charge on any atom is -0.494 e. The Bertz CT molecular complexity index is 1050. The highest BCUT2D eigenvalue weighted by atomic mass is 32.1. The fraction of sp³-hybridized carbons (Fsp3) is 0.364. The molecule has 0 radical (unpaired) electrons. The summed E-state index contributed by atoms with van der Waals surface area (Å²) in [7, 11) is 0. The van der Waals surface area contributed by atoms with E-state index in [-0.39, 0.29) is 24.0 Å². The van der Waals surface area contributed by atoms with Gasteiger partial charge in [-0.2, -0.15) is 0 Å². The number of aryl methyl sites for hydroxylation is 1. The molecule has 0 unspecified atom stereocenters. The van der Waals surface area contributed by atoms with Gasteiger partial charge in [-0.3, -0.25) is 9.59 Å². The number of benzene rings is 1. The minimum absolute atomic E-state index is 0.0196. The Morgan fingerprint density at radius 3 is 2.48 bits per heavy atom. The van der Waals surface area contributed by atoms with Crippen molar-refractivity contribution in [1.29, 1.82) is 0 Å². The van der Waals surface area contributed by atoms with Crippen LogP contribution in [0.15, 0.2) is 40.2 Å². The number of hydrogen-bond donors (Lipinski definition) is 0. The van der Waals surface area contributed by atoms with Crippen molar-refractivity contribution in [2.75, 3.05) is 32.8 Å². The van der Waals surface area contributed by atoms with Gasteiger partial charge in [-0.1, -0.05) is 5.16 Å². The third-order valence-corrected chi connectivity index (χ3v) is 5.99. The molecule has 8 nitrogen and oxygen atoms in total. The Kier molecular flexibility index (Phi) is 6.31. The van der Waals surface area contributed by atoms with Crippen LogP contribution < -0.4 is 4.74 Å². The quantitative estimate of drug-likeness (QED) is 0.585. The van der Waals surface area contributed by atoms with Crippen molar-refractivity contribution in [3.8, 4) is 16.3 Å². The molecule has 0 bridgehead atoms. The molecule has 0 saturated carbocycles. The standard InChI is InChI=1S/C22H24N4O4S/c1-3-29-18-6-4-16(5-7-18)21-23-17(14-31-21)13-20(27)25-8-10-26(11-9-25)22(28)19-12-15(2)24-30-19/h4-7,12,14H,3,8-11,13H2,1-2H3. The van der Waals surface area contributed by atoms with E-state index in [1.54, 1.807) is 22.8 Å². The number of hydrogen-bond acceptors (Lipinski definition) is 7. The van der Waals surface area contributed by atoms with Crippen molar-refractivity contribution in [2.45, 2.75) is 20.3 Å². The van der Waals surface area contributed by atoms with Gasteiger partial charge in [0.15, 0.2) is 0 Å². The Hall–Kier alpha value is -3.20. The van der Waals surface area contributed by atoms with E-state index in [2.05, 4.69) is 10.1 Å². The normalized spacial score (nSPS) is 14.0. The maximum Gasteiger partial charge on any atom is 0.292 e. The molecule has 0 spiro atoms. The molecule has 1 fully saturated rings. The number of piperazine rings is 1. The largest absolute Gasteiger partial charge is 0.494 e. The summed E-state index contributed by atoms with van der Waals surface area (Å²) < 4.78 is 10.5. The first-order valence-electron chi connectivity index (χ1n) is 10.2. The summed E-state index contributed by atoms with van der Waals surface area (Å²) in [6.07, 6.45) is 0.253. The van der Waals surface area contributed by atoms with E-state index in [4.69, 9.17) is 9.26 Å². The number of ether oxygens (including phenoxy) is 1. The predicted octanol–water partition coefficient (Wildman–Crippen LogP) is 3.03. The molecule has 0 atom stereocenters. The van der Waals surface area contributed by atoms with Gasteiger partial charge in [0.1, 0.15) is 10.8 Å². The first kappa shape index (κ1) is 21.0. The van der Waals surface area contributed by atoms with Crippen LogP contribution in [0.2, 0.25) is 0 Å². The molecule has 3 heterocycles. The first-order valence-corrected chi connectivity index (χ1v) is 11.1. The fourth-order valence-corrected chi connectivity index (χ4v) is 4.25. The Morgan fingerprint density at radius 1 is 1.13 bits per heavy atom. The van der Waals surface area contributed by atoms with Gasteiger partial charge in [0.25, 0.3) is 5.91 Å². The van der Waals surface area contributed by atoms with Gasteiger partial charge in [-0.25, -0.2) is 4.98 Å². The molecule has 3 aromatic rings. The van der Waals surface area contributed by atoms with Crippen molar-refractivity contribution < 1.29 is 18.8 Å². The number of rotatable bonds is 6. The summed E-state index contributed by atoms with van der Waals surface area (Å²) in [4.78, 5) is 33.3. The molecule has 2 aromatic heterocycles. The molecule has 4 rings (SSSR count). The summed E-state index contributed by atoms with van der Waals surface area (Å²) in [6, 6.07) is 9.42. The van der Waals surface area contributed by atoms with Crippen molar-refractivity contribution >= 4 is 23.2 Å². The molecular weight excluding hydrogens is 416 g/mol. The van der Waals surface area contributed by atoms with Crippen LogP contribution in [0.25, 0.3) is 10.6 Å². The van der Waals surface area contributed by atoms with Crippen molar-refractivity contribution in [1.82, 2.24) is 19.9 Å². The van der Waals surface area contributed by atoms with E-state index < -0.39 is 0 Å². The van der Waals surface area contributed by atoms with Crippen LogP contribution in [0.3, 0.4) is 0 Å². The lowest BCUT2D eigenvalue weighted by atomic mass is 10.2. The molecule has 1 aliphatic rings. The van der Waals surface area contributed by atoms with Crippen LogP contribution in [0.1, 0.15) is 28.9 Å². The SMILES string of the molecule is CCOc1ccc(-c2nc(CC(=O)N3CCN(C(=O)c4cc(C)no4)CC3)cs2)cc1. The summed E-state index contributed by atoms with van der Waals surface area (Å²) in [5, 5.41) is 6.56. The minimum atomic E-state index is -0.188. The monoisotopic (exact) mass is 440 g/mol. The summed E-state index contributed by atoms with van der Waals surface area (Å²) in [5.74, 6) is 0.897. The summed E-state index contributed by atoms with van der Waals surface area (Å²) >= 11 is 1.52. The van der Waals surface area contributed by atoms with E-state index in [1.165, 1.54) is 11.3 Å². The molecule has 0 aliphatic carbocycles. The number of carbonyl (C=O) groups is 2. The maximum atomic E-state index is 12.7. The average molecular weight is 441 g/mol. The fourth-order valence-electron chi connectivity index (χ4n) is 3.43. The molecule has 9 heteroatoms. The smallest absolute Gasteiger partial charge is 0.292 e.